The first-order valence-corrected chi connectivity index (χ1v) is 27.9. The summed E-state index contributed by atoms with van der Waals surface area (Å²) in [6, 6.07) is 22.2. The smallest absolute Gasteiger partial charge is 0.352 e. The van der Waals surface area contributed by atoms with E-state index >= 15 is 0 Å². The molecule has 2 atom stereocenters. The molecule has 3 fully saturated rings. The number of urea groups is 1. The zero-order valence-corrected chi connectivity index (χ0v) is 45.9. The molecular weight excluding hydrogens is 1000 g/mol. The number of carbonyl (C=O) groups is 5. The van der Waals surface area contributed by atoms with Crippen LogP contribution in [0.5, 0.6) is 5.75 Å². The summed E-state index contributed by atoms with van der Waals surface area (Å²) in [5.74, 6) is -1.71. The standard InChI is InChI=1S/C55H67ClN6O10S2/c1-33-26-38-28-36(16-17-42(38)62(33)43-18-19-44(63)59-50(43)65)35-20-23-60(24-21-35)52(67)58-39-14-10-12-34(27-39)32-74(68,69)61-25-22-41(30-55(61,8)9)57-40-15-11-13-37(29-40)48-46(56)47(70-31-45(64)71-53(2,3)4)49(73-48)51(66)72-54(5,6)7/h10-17,26-29,35,41,43,57H,18-25,30-32H2,1-9H3,(H,58,67)(H,59,63,65)/t41-,43?/m0/s1. The quantitative estimate of drug-likeness (QED) is 0.0750. The molecule has 396 valence electrons. The number of imide groups is 1. The highest BCUT2D eigenvalue weighted by atomic mass is 35.5. The number of halogens is 1. The van der Waals surface area contributed by atoms with Crippen molar-refractivity contribution in [2.75, 3.05) is 36.9 Å². The lowest BCUT2D eigenvalue weighted by molar-refractivity contribution is -0.157. The van der Waals surface area contributed by atoms with E-state index < -0.39 is 51.4 Å². The van der Waals surface area contributed by atoms with Crippen LogP contribution in [0.15, 0.2) is 72.8 Å². The van der Waals surface area contributed by atoms with E-state index in [0.29, 0.717) is 60.5 Å². The van der Waals surface area contributed by atoms with Crippen LogP contribution in [0.2, 0.25) is 5.02 Å². The summed E-state index contributed by atoms with van der Waals surface area (Å²) in [7, 11) is -3.79. The normalized spacial score (nSPS) is 19.0. The van der Waals surface area contributed by atoms with Crippen LogP contribution in [0.4, 0.5) is 16.2 Å². The lowest BCUT2D eigenvalue weighted by atomic mass is 9.89. The van der Waals surface area contributed by atoms with E-state index in [1.165, 1.54) is 5.56 Å². The van der Waals surface area contributed by atoms with E-state index in [-0.39, 0.29) is 57.8 Å². The van der Waals surface area contributed by atoms with Gasteiger partial charge in [-0.2, -0.15) is 4.31 Å². The molecule has 19 heteroatoms. The van der Waals surface area contributed by atoms with Crippen LogP contribution < -0.4 is 20.7 Å². The number of hydrogen-bond donors (Lipinski definition) is 3. The number of nitrogens with one attached hydrogen (secondary N) is 3. The third-order valence-electron chi connectivity index (χ3n) is 13.4. The average Bonchev–Trinajstić information content (AvgIpc) is 3.81. The van der Waals surface area contributed by atoms with E-state index in [2.05, 4.69) is 40.2 Å². The van der Waals surface area contributed by atoms with Crippen LogP contribution >= 0.6 is 22.9 Å². The Kier molecular flexibility index (Phi) is 15.7. The predicted octanol–water partition coefficient (Wildman–Crippen LogP) is 10.6. The number of nitrogens with zero attached hydrogens (tertiary/aromatic N) is 3. The van der Waals surface area contributed by atoms with Crippen LogP contribution in [-0.2, 0) is 39.6 Å². The van der Waals surface area contributed by atoms with Gasteiger partial charge in [-0.3, -0.25) is 14.9 Å². The average molecular weight is 1070 g/mol. The molecule has 3 aromatic carbocycles. The summed E-state index contributed by atoms with van der Waals surface area (Å²) in [6.45, 7) is 17.3. The lowest BCUT2D eigenvalue weighted by Gasteiger charge is -2.45. The monoisotopic (exact) mass is 1070 g/mol. The fraction of sp³-hybridized carbons (Fsp3) is 0.473. The molecule has 4 amide bonds. The van der Waals surface area contributed by atoms with Crippen LogP contribution in [-0.4, -0.2) is 101 Å². The molecule has 16 nitrogen and oxygen atoms in total. The number of benzene rings is 3. The summed E-state index contributed by atoms with van der Waals surface area (Å²) in [4.78, 5) is 66.5. The number of carbonyl (C=O) groups excluding carboxylic acids is 5. The number of esters is 2. The summed E-state index contributed by atoms with van der Waals surface area (Å²) in [6.07, 6.45) is 3.38. The maximum atomic E-state index is 14.2. The van der Waals surface area contributed by atoms with Gasteiger partial charge in [-0.25, -0.2) is 22.8 Å². The number of hydrogen-bond acceptors (Lipinski definition) is 12. The molecule has 8 rings (SSSR count). The van der Waals surface area contributed by atoms with Crippen molar-refractivity contribution in [2.24, 2.45) is 0 Å². The van der Waals surface area contributed by atoms with Gasteiger partial charge in [0, 0.05) is 65.6 Å². The number of amides is 4. The van der Waals surface area contributed by atoms with Crippen molar-refractivity contribution < 1.29 is 46.6 Å². The van der Waals surface area contributed by atoms with E-state index in [4.69, 9.17) is 25.8 Å². The van der Waals surface area contributed by atoms with Crippen LogP contribution in [0, 0.1) is 6.92 Å². The highest BCUT2D eigenvalue weighted by Gasteiger charge is 2.42. The first kappa shape index (κ1) is 54.3. The summed E-state index contributed by atoms with van der Waals surface area (Å²) in [5.41, 5.74) is 3.38. The number of aromatic nitrogens is 1. The molecule has 0 spiro atoms. The minimum Gasteiger partial charge on any atom is -0.479 e. The third kappa shape index (κ3) is 12.8. The highest BCUT2D eigenvalue weighted by molar-refractivity contribution is 7.88. The highest BCUT2D eigenvalue weighted by Crippen LogP contribution is 2.47. The van der Waals surface area contributed by atoms with Crippen molar-refractivity contribution in [2.45, 2.75) is 141 Å². The van der Waals surface area contributed by atoms with Gasteiger partial charge >= 0.3 is 18.0 Å². The fourth-order valence-electron chi connectivity index (χ4n) is 10.3. The molecule has 0 bridgehead atoms. The largest absolute Gasteiger partial charge is 0.479 e. The van der Waals surface area contributed by atoms with Gasteiger partial charge in [0.15, 0.2) is 17.2 Å². The van der Waals surface area contributed by atoms with E-state index in [0.717, 1.165) is 46.5 Å². The molecule has 5 heterocycles. The Morgan fingerprint density at radius 3 is 2.26 bits per heavy atom. The number of sulfonamides is 1. The van der Waals surface area contributed by atoms with Crippen molar-refractivity contribution in [3.8, 4) is 16.2 Å². The van der Waals surface area contributed by atoms with Crippen molar-refractivity contribution in [3.63, 3.8) is 0 Å². The Labute approximate surface area is 442 Å². The van der Waals surface area contributed by atoms with Gasteiger partial charge in [0.25, 0.3) is 0 Å². The van der Waals surface area contributed by atoms with Gasteiger partial charge in [-0.05, 0) is 159 Å². The molecule has 74 heavy (non-hydrogen) atoms. The van der Waals surface area contributed by atoms with Gasteiger partial charge < -0.3 is 34.3 Å². The Bertz CT molecular complexity index is 3090. The maximum absolute atomic E-state index is 14.2. The number of rotatable bonds is 13. The topological polar surface area (TPSA) is 195 Å². The van der Waals surface area contributed by atoms with Crippen LogP contribution in [0.25, 0.3) is 21.3 Å². The van der Waals surface area contributed by atoms with Crippen molar-refractivity contribution in [1.82, 2.24) is 19.1 Å². The first-order valence-electron chi connectivity index (χ1n) is 25.1. The molecule has 3 aliphatic rings. The van der Waals surface area contributed by atoms with Gasteiger partial charge in [-0.15, -0.1) is 11.3 Å². The fourth-order valence-corrected chi connectivity index (χ4v) is 13.7. The van der Waals surface area contributed by atoms with Crippen molar-refractivity contribution >= 4 is 85.0 Å². The second-order valence-corrected chi connectivity index (χ2v) is 25.5. The SMILES string of the molecule is Cc1cc2cc(C3CCN(C(=O)Nc4cccc(CS(=O)(=O)N5CC[C@H](Nc6cccc(-c7sc(C(=O)OC(C)(C)C)c(OCC(=O)OC(C)(C)C)c7Cl)c6)CC5(C)C)c4)CC3)ccc2n1C1CCC(=O)NC1=O. The molecule has 3 aliphatic heterocycles. The summed E-state index contributed by atoms with van der Waals surface area (Å²) >= 11 is 8.03. The molecule has 1 unspecified atom stereocenters. The van der Waals surface area contributed by atoms with Gasteiger partial charge in [0.2, 0.25) is 21.8 Å². The minimum atomic E-state index is -3.79. The first-order chi connectivity index (χ1) is 34.7. The Balaban J connectivity index is 0.861. The number of aryl methyl sites for hydroxylation is 1. The number of anilines is 2. The molecule has 0 aliphatic carbocycles. The lowest BCUT2D eigenvalue weighted by Crippen LogP contribution is -2.55. The molecule has 3 N–H and O–H groups in total. The van der Waals surface area contributed by atoms with E-state index in [1.807, 2.05) is 49.6 Å². The number of ether oxygens (including phenoxy) is 3. The zero-order valence-electron chi connectivity index (χ0n) is 43.6. The number of fused-ring (bicyclic) bond motifs is 1. The molecule has 0 saturated carbocycles. The summed E-state index contributed by atoms with van der Waals surface area (Å²) < 4.78 is 48.9. The van der Waals surface area contributed by atoms with Crippen molar-refractivity contribution in [1.29, 1.82) is 0 Å². The van der Waals surface area contributed by atoms with Crippen molar-refractivity contribution in [3.05, 3.63) is 99.5 Å². The number of thiophene rings is 1. The van der Waals surface area contributed by atoms with Crippen LogP contribution in [0.1, 0.15) is 132 Å². The Hall–Kier alpha value is -5.95. The Morgan fingerprint density at radius 2 is 1.57 bits per heavy atom. The number of piperidine rings is 3. The Morgan fingerprint density at radius 1 is 0.865 bits per heavy atom. The maximum Gasteiger partial charge on any atom is 0.352 e. The third-order valence-corrected chi connectivity index (χ3v) is 17.2. The second-order valence-electron chi connectivity index (χ2n) is 22.2. The van der Waals surface area contributed by atoms with Gasteiger partial charge in [0.1, 0.15) is 22.3 Å². The summed E-state index contributed by atoms with van der Waals surface area (Å²) in [5, 5.41) is 10.3. The van der Waals surface area contributed by atoms with Gasteiger partial charge in [0.05, 0.1) is 10.6 Å². The second kappa shape index (κ2) is 21.4. The van der Waals surface area contributed by atoms with Crippen LogP contribution in [0.3, 0.4) is 0 Å². The molecular formula is C55H67ClN6O10S2. The predicted molar refractivity (Wildman–Crippen MR) is 288 cm³/mol. The van der Waals surface area contributed by atoms with Gasteiger partial charge in [-0.1, -0.05) is 41.9 Å². The zero-order chi connectivity index (χ0) is 53.5. The van der Waals surface area contributed by atoms with E-state index in [1.54, 1.807) is 75.0 Å². The van der Waals surface area contributed by atoms with E-state index in [9.17, 15) is 32.4 Å². The molecule has 2 aromatic heterocycles. The number of likely N-dealkylation sites (tertiary alicyclic amines) is 1. The molecule has 5 aromatic rings. The molecule has 0 radical (unpaired) electrons. The minimum absolute atomic E-state index is 0.0364. The molecule has 3 saturated heterocycles.